The number of nitrogens with one attached hydrogen (secondary N) is 1. The van der Waals surface area contributed by atoms with Crippen molar-refractivity contribution in [3.05, 3.63) is 47.4 Å². The smallest absolute Gasteiger partial charge is 0.416 e. The molecule has 1 aromatic carbocycles. The molecule has 202 valence electrons. The summed E-state index contributed by atoms with van der Waals surface area (Å²) in [6, 6.07) is 5.16. The highest BCUT2D eigenvalue weighted by Crippen LogP contribution is 2.41. The minimum atomic E-state index is -4.42. The molecule has 1 fully saturated rings. The molecule has 2 heterocycles. The molecule has 1 aliphatic heterocycles. The van der Waals surface area contributed by atoms with Crippen LogP contribution in [0.15, 0.2) is 30.5 Å². The van der Waals surface area contributed by atoms with Gasteiger partial charge in [-0.15, -0.1) is 0 Å². The number of hydrazine groups is 1. The number of aromatic carboxylic acids is 1. The minimum Gasteiger partial charge on any atom is -0.475 e. The van der Waals surface area contributed by atoms with Crippen molar-refractivity contribution in [2.24, 2.45) is 11.8 Å². The molecule has 2 aliphatic rings. The number of carbonyl (C=O) groups is 1. The van der Waals surface area contributed by atoms with E-state index in [4.69, 9.17) is 4.74 Å². The quantitative estimate of drug-likeness (QED) is 0.446. The van der Waals surface area contributed by atoms with Crippen molar-refractivity contribution in [1.29, 1.82) is 0 Å². The Morgan fingerprint density at radius 1 is 1.19 bits per heavy atom. The Kier molecular flexibility index (Phi) is 7.94. The van der Waals surface area contributed by atoms with Gasteiger partial charge >= 0.3 is 12.1 Å². The number of halogens is 3. The summed E-state index contributed by atoms with van der Waals surface area (Å²) < 4.78 is 45.5. The molecular formula is C26H34F3N5O3. The summed E-state index contributed by atoms with van der Waals surface area (Å²) in [5, 5.41) is 11.4. The zero-order chi connectivity index (χ0) is 26.9. The molecule has 0 radical (unpaired) electrons. The van der Waals surface area contributed by atoms with E-state index in [1.165, 1.54) is 24.8 Å². The summed E-state index contributed by atoms with van der Waals surface area (Å²) in [5.74, 6) is -0.371. The highest BCUT2D eigenvalue weighted by atomic mass is 19.4. The van der Waals surface area contributed by atoms with E-state index in [0.29, 0.717) is 35.5 Å². The van der Waals surface area contributed by atoms with Crippen LogP contribution in [0.25, 0.3) is 0 Å². The van der Waals surface area contributed by atoms with Crippen LogP contribution >= 0.6 is 0 Å². The maximum atomic E-state index is 13.1. The van der Waals surface area contributed by atoms with Gasteiger partial charge in [0.05, 0.1) is 17.9 Å². The van der Waals surface area contributed by atoms with Gasteiger partial charge in [0.15, 0.2) is 5.82 Å². The number of carboxylic acid groups (broad SMARTS) is 1. The van der Waals surface area contributed by atoms with Crippen molar-refractivity contribution in [2.45, 2.75) is 78.0 Å². The number of ether oxygens (including phenoxy) is 1. The molecule has 37 heavy (non-hydrogen) atoms. The van der Waals surface area contributed by atoms with Gasteiger partial charge in [-0.25, -0.2) is 20.2 Å². The van der Waals surface area contributed by atoms with Gasteiger partial charge in [0.25, 0.3) is 0 Å². The maximum absolute atomic E-state index is 13.1. The highest BCUT2D eigenvalue weighted by Gasteiger charge is 2.43. The summed E-state index contributed by atoms with van der Waals surface area (Å²) in [5.41, 5.74) is 4.08. The van der Waals surface area contributed by atoms with Gasteiger partial charge in [-0.2, -0.15) is 13.2 Å². The monoisotopic (exact) mass is 521 g/mol. The van der Waals surface area contributed by atoms with E-state index in [-0.39, 0.29) is 24.5 Å². The predicted octanol–water partition coefficient (Wildman–Crippen LogP) is 5.10. The van der Waals surface area contributed by atoms with Gasteiger partial charge in [0, 0.05) is 19.2 Å². The summed E-state index contributed by atoms with van der Waals surface area (Å²) in [4.78, 5) is 22.0. The van der Waals surface area contributed by atoms with Crippen LogP contribution in [-0.2, 0) is 17.5 Å². The number of rotatable bonds is 10. The van der Waals surface area contributed by atoms with Crippen molar-refractivity contribution in [3.63, 3.8) is 0 Å². The van der Waals surface area contributed by atoms with Crippen LogP contribution in [0.5, 0.6) is 0 Å². The Bertz CT molecular complexity index is 1090. The molecule has 0 saturated heterocycles. The fraction of sp³-hybridized carbons (Fsp3) is 0.577. The second-order valence-electron chi connectivity index (χ2n) is 10.4. The second kappa shape index (κ2) is 10.8. The average molecular weight is 522 g/mol. The van der Waals surface area contributed by atoms with Crippen LogP contribution in [0.1, 0.15) is 68.7 Å². The van der Waals surface area contributed by atoms with E-state index < -0.39 is 23.9 Å². The van der Waals surface area contributed by atoms with E-state index in [1.54, 1.807) is 0 Å². The molecule has 2 N–H and O–H groups in total. The summed E-state index contributed by atoms with van der Waals surface area (Å²) in [6.07, 6.45) is -0.335. The molecule has 1 saturated carbocycles. The van der Waals surface area contributed by atoms with E-state index in [9.17, 15) is 23.1 Å². The number of hydrogen-bond donors (Lipinski definition) is 2. The largest absolute Gasteiger partial charge is 0.475 e. The third kappa shape index (κ3) is 5.98. The standard InChI is InChI=1S/C26H34F3N5O3/c1-15(2)14-37-17(4)24-33(13-18-8-10-20(11-9-18)26(27,28)29)21-12-30-22(25(35)36)31-23(21)34(24)32-16(3)19-6-5-7-19/h8-12,15-17,19,24,32H,5-7,13-14H2,1-4H3,(H,35,36). The van der Waals surface area contributed by atoms with Crippen molar-refractivity contribution < 1.29 is 27.8 Å². The van der Waals surface area contributed by atoms with E-state index in [2.05, 4.69) is 36.2 Å². The van der Waals surface area contributed by atoms with Crippen LogP contribution in [-0.4, -0.2) is 46.0 Å². The van der Waals surface area contributed by atoms with Crippen LogP contribution in [0.3, 0.4) is 0 Å². The number of hydrogen-bond acceptors (Lipinski definition) is 7. The Balaban J connectivity index is 1.72. The number of nitrogens with zero attached hydrogens (tertiary/aromatic N) is 4. The lowest BCUT2D eigenvalue weighted by atomic mass is 9.81. The Labute approximate surface area is 214 Å². The van der Waals surface area contributed by atoms with Crippen LogP contribution in [0, 0.1) is 11.8 Å². The van der Waals surface area contributed by atoms with Gasteiger partial charge in [0.2, 0.25) is 5.82 Å². The number of aromatic nitrogens is 2. The topological polar surface area (TPSA) is 90.8 Å². The summed E-state index contributed by atoms with van der Waals surface area (Å²) >= 11 is 0. The molecule has 0 bridgehead atoms. The van der Waals surface area contributed by atoms with Gasteiger partial charge in [-0.05, 0) is 56.2 Å². The predicted molar refractivity (Wildman–Crippen MR) is 133 cm³/mol. The number of alkyl halides is 3. The zero-order valence-electron chi connectivity index (χ0n) is 21.5. The molecule has 1 aromatic heterocycles. The lowest BCUT2D eigenvalue weighted by Crippen LogP contribution is -2.59. The van der Waals surface area contributed by atoms with Crippen molar-refractivity contribution in [3.8, 4) is 0 Å². The third-order valence-corrected chi connectivity index (χ3v) is 7.01. The highest BCUT2D eigenvalue weighted by molar-refractivity contribution is 5.85. The van der Waals surface area contributed by atoms with Crippen molar-refractivity contribution >= 4 is 17.5 Å². The molecule has 0 spiro atoms. The van der Waals surface area contributed by atoms with Crippen molar-refractivity contribution in [2.75, 3.05) is 16.5 Å². The number of anilines is 2. The van der Waals surface area contributed by atoms with E-state index in [0.717, 1.165) is 25.0 Å². The Hall–Kier alpha value is -2.92. The van der Waals surface area contributed by atoms with Crippen LogP contribution in [0.2, 0.25) is 0 Å². The van der Waals surface area contributed by atoms with Gasteiger partial charge < -0.3 is 14.7 Å². The fourth-order valence-electron chi connectivity index (χ4n) is 4.73. The summed E-state index contributed by atoms with van der Waals surface area (Å²) in [7, 11) is 0. The Morgan fingerprint density at radius 3 is 2.41 bits per heavy atom. The molecule has 3 unspecified atom stereocenters. The summed E-state index contributed by atoms with van der Waals surface area (Å²) in [6.45, 7) is 8.91. The fourth-order valence-corrected chi connectivity index (χ4v) is 4.73. The molecule has 8 nitrogen and oxygen atoms in total. The van der Waals surface area contributed by atoms with E-state index in [1.807, 2.05) is 16.8 Å². The SMILES string of the molecule is CC(C)COC(C)C1N(Cc2ccc(C(F)(F)F)cc2)c2cnc(C(=O)O)nc2N1NC(C)C1CCC1. The lowest BCUT2D eigenvalue weighted by molar-refractivity contribution is -0.137. The van der Waals surface area contributed by atoms with Gasteiger partial charge in [0.1, 0.15) is 11.9 Å². The first-order chi connectivity index (χ1) is 17.5. The molecular weight excluding hydrogens is 487 g/mol. The second-order valence-corrected chi connectivity index (χ2v) is 10.4. The lowest BCUT2D eigenvalue weighted by Gasteiger charge is -2.40. The number of fused-ring (bicyclic) bond motifs is 1. The average Bonchev–Trinajstić information content (AvgIpc) is 3.08. The third-order valence-electron chi connectivity index (χ3n) is 7.01. The Morgan fingerprint density at radius 2 is 1.86 bits per heavy atom. The normalized spacial score (nSPS) is 19.6. The number of benzene rings is 1. The van der Waals surface area contributed by atoms with Crippen LogP contribution < -0.4 is 15.3 Å². The first kappa shape index (κ1) is 27.1. The molecule has 2 aromatic rings. The van der Waals surface area contributed by atoms with E-state index >= 15 is 0 Å². The van der Waals surface area contributed by atoms with Crippen LogP contribution in [0.4, 0.5) is 24.7 Å². The maximum Gasteiger partial charge on any atom is 0.416 e. The van der Waals surface area contributed by atoms with Gasteiger partial charge in [-0.3, -0.25) is 5.01 Å². The zero-order valence-corrected chi connectivity index (χ0v) is 21.5. The molecule has 11 heteroatoms. The minimum absolute atomic E-state index is 0.107. The molecule has 0 amide bonds. The molecule has 3 atom stereocenters. The van der Waals surface area contributed by atoms with Gasteiger partial charge in [-0.1, -0.05) is 32.4 Å². The first-order valence-corrected chi connectivity index (χ1v) is 12.7. The molecule has 4 rings (SSSR count). The first-order valence-electron chi connectivity index (χ1n) is 12.7. The van der Waals surface area contributed by atoms with Crippen molar-refractivity contribution in [1.82, 2.24) is 15.4 Å². The number of carboxylic acids is 1. The molecule has 1 aliphatic carbocycles.